The molecule has 0 heterocycles. The summed E-state index contributed by atoms with van der Waals surface area (Å²) < 4.78 is 16.5. The maximum Gasteiger partial charge on any atom is 0.309 e. The molecule has 1 atom stereocenters. The third kappa shape index (κ3) is 38.4. The largest absolute Gasteiger partial charge is 0.462 e. The topological polar surface area (TPSA) is 78.9 Å². The molecule has 0 aliphatic carbocycles. The van der Waals surface area contributed by atoms with Crippen LogP contribution < -0.4 is 0 Å². The Kier molecular flexibility index (Phi) is 38.1. The highest BCUT2D eigenvalue weighted by Crippen LogP contribution is 2.13. The Balaban J connectivity index is 4.44. The van der Waals surface area contributed by atoms with Crippen molar-refractivity contribution in [1.29, 1.82) is 0 Å². The second kappa shape index (κ2) is 40.1. The van der Waals surface area contributed by atoms with Crippen LogP contribution in [0.5, 0.6) is 0 Å². The summed E-state index contributed by atoms with van der Waals surface area (Å²) in [6.45, 7) is 6.37. The van der Waals surface area contributed by atoms with Gasteiger partial charge in [0.05, 0.1) is 6.42 Å². The second-order valence-corrected chi connectivity index (χ2v) is 13.9. The lowest BCUT2D eigenvalue weighted by molar-refractivity contribution is -0.166. The molecule has 51 heavy (non-hydrogen) atoms. The van der Waals surface area contributed by atoms with Gasteiger partial charge in [0.2, 0.25) is 0 Å². The number of hydrogen-bond donors (Lipinski definition) is 0. The van der Waals surface area contributed by atoms with Crippen molar-refractivity contribution in [2.45, 2.75) is 207 Å². The summed E-state index contributed by atoms with van der Waals surface area (Å²) in [6, 6.07) is 0. The zero-order valence-electron chi connectivity index (χ0n) is 33.4. The predicted molar refractivity (Wildman–Crippen MR) is 215 cm³/mol. The molecular weight excluding hydrogens is 636 g/mol. The van der Waals surface area contributed by atoms with Gasteiger partial charge in [-0.2, -0.15) is 0 Å². The minimum Gasteiger partial charge on any atom is -0.462 e. The molecular formula is C45H78O6. The number of unbranched alkanes of at least 4 members (excludes halogenated alkanes) is 19. The van der Waals surface area contributed by atoms with E-state index in [1.54, 1.807) is 6.08 Å². The van der Waals surface area contributed by atoms with E-state index in [-0.39, 0.29) is 31.6 Å². The van der Waals surface area contributed by atoms with E-state index < -0.39 is 12.1 Å². The number of carbonyl (C=O) groups is 3. The van der Waals surface area contributed by atoms with Crippen LogP contribution in [0.4, 0.5) is 0 Å². The van der Waals surface area contributed by atoms with Crippen LogP contribution in [0.1, 0.15) is 201 Å². The summed E-state index contributed by atoms with van der Waals surface area (Å²) in [6.07, 6.45) is 45.6. The maximum absolute atomic E-state index is 12.6. The van der Waals surface area contributed by atoms with Gasteiger partial charge in [0.1, 0.15) is 13.2 Å². The molecule has 0 aliphatic rings. The molecule has 0 saturated heterocycles. The molecule has 0 spiro atoms. The third-order valence-corrected chi connectivity index (χ3v) is 8.85. The van der Waals surface area contributed by atoms with Gasteiger partial charge in [-0.1, -0.05) is 172 Å². The van der Waals surface area contributed by atoms with Crippen LogP contribution in [0, 0.1) is 0 Å². The van der Waals surface area contributed by atoms with Crippen molar-refractivity contribution >= 4 is 17.9 Å². The Bertz CT molecular complexity index is 918. The van der Waals surface area contributed by atoms with E-state index in [2.05, 4.69) is 57.2 Å². The molecule has 0 saturated carbocycles. The molecule has 0 amide bonds. The van der Waals surface area contributed by atoms with Gasteiger partial charge in [-0.05, 0) is 57.8 Å². The highest BCUT2D eigenvalue weighted by atomic mass is 16.6. The van der Waals surface area contributed by atoms with E-state index in [4.69, 9.17) is 14.2 Å². The fourth-order valence-electron chi connectivity index (χ4n) is 5.67. The van der Waals surface area contributed by atoms with Crippen LogP contribution in [-0.2, 0) is 28.6 Å². The molecule has 0 aromatic rings. The summed E-state index contributed by atoms with van der Waals surface area (Å²) in [5.74, 6) is -1.06. The lowest BCUT2D eigenvalue weighted by atomic mass is 10.1. The Morgan fingerprint density at radius 3 is 1.37 bits per heavy atom. The molecule has 0 radical (unpaired) electrons. The Morgan fingerprint density at radius 1 is 0.431 bits per heavy atom. The van der Waals surface area contributed by atoms with Gasteiger partial charge < -0.3 is 14.2 Å². The van der Waals surface area contributed by atoms with Crippen molar-refractivity contribution < 1.29 is 28.6 Å². The van der Waals surface area contributed by atoms with Gasteiger partial charge >= 0.3 is 17.9 Å². The van der Waals surface area contributed by atoms with Crippen molar-refractivity contribution in [3.63, 3.8) is 0 Å². The molecule has 0 aliphatic heterocycles. The minimum atomic E-state index is -0.807. The maximum atomic E-state index is 12.6. The van der Waals surface area contributed by atoms with Gasteiger partial charge in [-0.15, -0.1) is 0 Å². The molecule has 0 aromatic heterocycles. The highest BCUT2D eigenvalue weighted by Gasteiger charge is 2.19. The summed E-state index contributed by atoms with van der Waals surface area (Å²) in [4.78, 5) is 37.4. The molecule has 0 aromatic carbocycles. The molecule has 294 valence electrons. The van der Waals surface area contributed by atoms with Crippen molar-refractivity contribution in [3.8, 4) is 0 Å². The molecule has 0 bridgehead atoms. The van der Waals surface area contributed by atoms with Gasteiger partial charge in [-0.25, -0.2) is 0 Å². The molecule has 1 unspecified atom stereocenters. The Morgan fingerprint density at radius 2 is 0.843 bits per heavy atom. The van der Waals surface area contributed by atoms with Crippen LogP contribution in [0.3, 0.4) is 0 Å². The van der Waals surface area contributed by atoms with E-state index in [0.29, 0.717) is 12.8 Å². The van der Waals surface area contributed by atoms with Crippen LogP contribution in [0.15, 0.2) is 48.6 Å². The summed E-state index contributed by atoms with van der Waals surface area (Å²) in [7, 11) is 0. The summed E-state index contributed by atoms with van der Waals surface area (Å²) in [5, 5.41) is 0. The zero-order chi connectivity index (χ0) is 37.3. The van der Waals surface area contributed by atoms with Crippen molar-refractivity contribution in [2.24, 2.45) is 0 Å². The highest BCUT2D eigenvalue weighted by molar-refractivity contribution is 5.72. The van der Waals surface area contributed by atoms with E-state index in [1.165, 1.54) is 89.9 Å². The number of allylic oxidation sites excluding steroid dienone is 7. The minimum absolute atomic E-state index is 0.107. The van der Waals surface area contributed by atoms with E-state index >= 15 is 0 Å². The first-order valence-electron chi connectivity index (χ1n) is 21.1. The summed E-state index contributed by atoms with van der Waals surface area (Å²) >= 11 is 0. The first kappa shape index (κ1) is 48.4. The average molecular weight is 715 g/mol. The normalized spacial score (nSPS) is 12.5. The standard InChI is InChI=1S/C45H78O6/c1-4-7-10-13-16-19-21-22-23-24-27-29-32-35-38-44(47)50-41-42(40-49-43(46)37-34-31-28-25-18-15-12-9-6-3)51-45(48)39-36-33-30-26-20-17-14-11-8-5-2/h9,12,18,23-25,31,34,42H,4-8,10-11,13-17,19-22,26-30,32-33,35-41H2,1-3H3/b12-9-,24-23-,25-18-,34-31-. The molecule has 0 fully saturated rings. The first-order chi connectivity index (χ1) is 25.0. The van der Waals surface area contributed by atoms with E-state index in [9.17, 15) is 14.4 Å². The monoisotopic (exact) mass is 715 g/mol. The number of hydrogen-bond acceptors (Lipinski definition) is 6. The Labute approximate surface area is 314 Å². The third-order valence-electron chi connectivity index (χ3n) is 8.85. The van der Waals surface area contributed by atoms with Crippen LogP contribution in [-0.4, -0.2) is 37.2 Å². The fourth-order valence-corrected chi connectivity index (χ4v) is 5.67. The lowest BCUT2D eigenvalue weighted by Crippen LogP contribution is -2.30. The average Bonchev–Trinajstić information content (AvgIpc) is 3.12. The van der Waals surface area contributed by atoms with Gasteiger partial charge in [0, 0.05) is 12.8 Å². The second-order valence-electron chi connectivity index (χ2n) is 13.9. The smallest absolute Gasteiger partial charge is 0.309 e. The van der Waals surface area contributed by atoms with Crippen LogP contribution in [0.2, 0.25) is 0 Å². The van der Waals surface area contributed by atoms with Gasteiger partial charge in [-0.3, -0.25) is 14.4 Å². The zero-order valence-corrected chi connectivity index (χ0v) is 33.4. The van der Waals surface area contributed by atoms with Gasteiger partial charge in [0.25, 0.3) is 0 Å². The first-order valence-corrected chi connectivity index (χ1v) is 21.1. The van der Waals surface area contributed by atoms with Crippen LogP contribution in [0.25, 0.3) is 0 Å². The molecule has 6 heteroatoms. The molecule has 0 N–H and O–H groups in total. The van der Waals surface area contributed by atoms with Gasteiger partial charge in [0.15, 0.2) is 6.10 Å². The lowest BCUT2D eigenvalue weighted by Gasteiger charge is -2.18. The molecule has 6 nitrogen and oxygen atoms in total. The summed E-state index contributed by atoms with van der Waals surface area (Å²) in [5.41, 5.74) is 0. The fraction of sp³-hybridized carbons (Fsp3) is 0.756. The number of rotatable bonds is 37. The SMILES string of the molecule is CC/C=C\C/C=C\C/C=C\CC(=O)OCC(COC(=O)CCCCC/C=C\CCCCCCCCC)OC(=O)CCCCCCCCCCCC. The Hall–Kier alpha value is -2.63. The molecule has 0 rings (SSSR count). The number of esters is 3. The predicted octanol–water partition coefficient (Wildman–Crippen LogP) is 13.2. The van der Waals surface area contributed by atoms with Crippen molar-refractivity contribution in [2.75, 3.05) is 13.2 Å². The quantitative estimate of drug-likeness (QED) is 0.0276. The number of carbonyl (C=O) groups excluding carboxylic acids is 3. The van der Waals surface area contributed by atoms with Crippen molar-refractivity contribution in [3.05, 3.63) is 48.6 Å². The van der Waals surface area contributed by atoms with E-state index in [1.807, 2.05) is 6.08 Å². The van der Waals surface area contributed by atoms with Crippen LogP contribution >= 0.6 is 0 Å². The van der Waals surface area contributed by atoms with E-state index in [0.717, 1.165) is 70.6 Å². The number of ether oxygens (including phenoxy) is 3. The van der Waals surface area contributed by atoms with Crippen molar-refractivity contribution in [1.82, 2.24) is 0 Å².